The summed E-state index contributed by atoms with van der Waals surface area (Å²) in [5.41, 5.74) is 3.74. The number of anilines is 1. The van der Waals surface area contributed by atoms with Crippen LogP contribution in [0.5, 0.6) is 0 Å². The number of hydrogen-bond donors (Lipinski definition) is 1. The van der Waals surface area contributed by atoms with Gasteiger partial charge in [0.1, 0.15) is 0 Å². The predicted octanol–water partition coefficient (Wildman–Crippen LogP) is 3.90. The van der Waals surface area contributed by atoms with Crippen LogP contribution in [-0.2, 0) is 17.8 Å². The van der Waals surface area contributed by atoms with Crippen LogP contribution in [-0.4, -0.2) is 21.2 Å². The Kier molecular flexibility index (Phi) is 3.93. The largest absolute Gasteiger partial charge is 0.325 e. The van der Waals surface area contributed by atoms with Gasteiger partial charge in [-0.2, -0.15) is 11.3 Å². The van der Waals surface area contributed by atoms with E-state index < -0.39 is 0 Å². The Morgan fingerprint density at radius 3 is 3.04 bits per heavy atom. The summed E-state index contributed by atoms with van der Waals surface area (Å²) in [4.78, 5) is 16.9. The van der Waals surface area contributed by atoms with E-state index in [0.717, 1.165) is 40.0 Å². The number of thiophene rings is 1. The summed E-state index contributed by atoms with van der Waals surface area (Å²) < 4.78 is 2.17. The summed E-state index contributed by atoms with van der Waals surface area (Å²) in [5, 5.41) is 8.07. The van der Waals surface area contributed by atoms with Crippen LogP contribution in [0.2, 0.25) is 0 Å². The van der Waals surface area contributed by atoms with E-state index in [1.165, 1.54) is 0 Å². The molecule has 1 N–H and O–H groups in total. The number of aromatic nitrogens is 2. The van der Waals surface area contributed by atoms with Gasteiger partial charge in [0.2, 0.25) is 5.91 Å². The minimum Gasteiger partial charge on any atom is -0.325 e. The molecule has 0 unspecified atom stereocenters. The number of thioether (sulfide) groups is 1. The van der Waals surface area contributed by atoms with Gasteiger partial charge < -0.3 is 9.88 Å². The first-order valence-electron chi connectivity index (χ1n) is 7.40. The van der Waals surface area contributed by atoms with Gasteiger partial charge >= 0.3 is 0 Å². The van der Waals surface area contributed by atoms with Crippen molar-refractivity contribution in [1.82, 2.24) is 9.55 Å². The van der Waals surface area contributed by atoms with E-state index in [0.29, 0.717) is 6.42 Å². The summed E-state index contributed by atoms with van der Waals surface area (Å²) in [5.74, 6) is 1.08. The minimum atomic E-state index is -0.00280. The smallest absolute Gasteiger partial charge is 0.228 e. The predicted molar refractivity (Wildman–Crippen MR) is 95.0 cm³/mol. The molecular weight excluding hydrogens is 326 g/mol. The molecule has 2 aromatic heterocycles. The third-order valence-electron chi connectivity index (χ3n) is 3.73. The maximum absolute atomic E-state index is 12.3. The highest BCUT2D eigenvalue weighted by Gasteiger charge is 2.17. The lowest BCUT2D eigenvalue weighted by molar-refractivity contribution is -0.115. The molecule has 4 rings (SSSR count). The van der Waals surface area contributed by atoms with Crippen LogP contribution in [0.3, 0.4) is 0 Å². The van der Waals surface area contributed by atoms with Crippen LogP contribution in [0.1, 0.15) is 5.56 Å². The SMILES string of the molecule is O=C(Cc1ccsc1)Nc1ccccc1-c1cn2c(n1)SCC2. The van der Waals surface area contributed by atoms with Crippen LogP contribution >= 0.6 is 23.1 Å². The van der Waals surface area contributed by atoms with Gasteiger partial charge in [-0.15, -0.1) is 0 Å². The van der Waals surface area contributed by atoms with Crippen molar-refractivity contribution in [2.24, 2.45) is 0 Å². The number of hydrogen-bond acceptors (Lipinski definition) is 4. The highest BCUT2D eigenvalue weighted by atomic mass is 32.2. The highest BCUT2D eigenvalue weighted by molar-refractivity contribution is 7.99. The Hall–Kier alpha value is -2.05. The van der Waals surface area contributed by atoms with Gasteiger partial charge in [0.05, 0.1) is 17.8 Å². The van der Waals surface area contributed by atoms with Crippen LogP contribution in [0, 0.1) is 0 Å². The van der Waals surface area contributed by atoms with Crippen molar-refractivity contribution in [3.8, 4) is 11.3 Å². The first-order chi connectivity index (χ1) is 11.3. The second-order valence-corrected chi connectivity index (χ2v) is 7.19. The van der Waals surface area contributed by atoms with Gasteiger partial charge in [0.15, 0.2) is 5.16 Å². The first kappa shape index (κ1) is 14.5. The summed E-state index contributed by atoms with van der Waals surface area (Å²) in [6, 6.07) is 9.82. The number of rotatable bonds is 4. The van der Waals surface area contributed by atoms with E-state index in [9.17, 15) is 4.79 Å². The molecule has 116 valence electrons. The van der Waals surface area contributed by atoms with Gasteiger partial charge in [-0.3, -0.25) is 4.79 Å². The first-order valence-corrected chi connectivity index (χ1v) is 9.33. The Morgan fingerprint density at radius 1 is 1.30 bits per heavy atom. The summed E-state index contributed by atoms with van der Waals surface area (Å²) in [6.45, 7) is 1.000. The zero-order valence-corrected chi connectivity index (χ0v) is 14.0. The second kappa shape index (κ2) is 6.22. The number of para-hydroxylation sites is 1. The number of benzene rings is 1. The number of carbonyl (C=O) groups is 1. The molecule has 4 nitrogen and oxygen atoms in total. The third-order valence-corrected chi connectivity index (χ3v) is 5.43. The summed E-state index contributed by atoms with van der Waals surface area (Å²) in [6.07, 6.45) is 2.46. The molecule has 0 saturated carbocycles. The Morgan fingerprint density at radius 2 is 2.22 bits per heavy atom. The van der Waals surface area contributed by atoms with E-state index in [1.807, 2.05) is 41.1 Å². The second-order valence-electron chi connectivity index (χ2n) is 5.35. The molecule has 23 heavy (non-hydrogen) atoms. The molecule has 0 fully saturated rings. The summed E-state index contributed by atoms with van der Waals surface area (Å²) in [7, 11) is 0. The number of amides is 1. The average molecular weight is 341 g/mol. The fourth-order valence-corrected chi connectivity index (χ4v) is 4.24. The lowest BCUT2D eigenvalue weighted by Gasteiger charge is -2.09. The Labute approximate surface area is 142 Å². The van der Waals surface area contributed by atoms with Crippen LogP contribution in [0.15, 0.2) is 52.4 Å². The molecule has 1 amide bonds. The molecule has 0 atom stereocenters. The monoisotopic (exact) mass is 341 g/mol. The van der Waals surface area contributed by atoms with Gasteiger partial charge in [0.25, 0.3) is 0 Å². The molecule has 1 aliphatic heterocycles. The minimum absolute atomic E-state index is 0.00280. The number of imidazole rings is 1. The highest BCUT2D eigenvalue weighted by Crippen LogP contribution is 2.32. The number of nitrogens with one attached hydrogen (secondary N) is 1. The van der Waals surface area contributed by atoms with Crippen LogP contribution in [0.25, 0.3) is 11.3 Å². The van der Waals surface area contributed by atoms with Crippen LogP contribution < -0.4 is 5.32 Å². The van der Waals surface area contributed by atoms with Gasteiger partial charge in [-0.25, -0.2) is 4.98 Å². The molecule has 3 aromatic rings. The number of carbonyl (C=O) groups excluding carboxylic acids is 1. The van der Waals surface area contributed by atoms with Crippen molar-refractivity contribution in [3.05, 3.63) is 52.9 Å². The fraction of sp³-hybridized carbons (Fsp3) is 0.176. The van der Waals surface area contributed by atoms with E-state index in [1.54, 1.807) is 23.1 Å². The fourth-order valence-electron chi connectivity index (χ4n) is 2.63. The van der Waals surface area contributed by atoms with Crippen molar-refractivity contribution in [2.45, 2.75) is 18.1 Å². The zero-order valence-electron chi connectivity index (χ0n) is 12.4. The molecule has 0 spiro atoms. The molecule has 1 aromatic carbocycles. The maximum Gasteiger partial charge on any atom is 0.228 e. The van der Waals surface area contributed by atoms with Crippen molar-refractivity contribution >= 4 is 34.7 Å². The topological polar surface area (TPSA) is 46.9 Å². The van der Waals surface area contributed by atoms with E-state index >= 15 is 0 Å². The maximum atomic E-state index is 12.3. The number of fused-ring (bicyclic) bond motifs is 1. The van der Waals surface area contributed by atoms with Crippen molar-refractivity contribution < 1.29 is 4.79 Å². The van der Waals surface area contributed by atoms with E-state index in [-0.39, 0.29) is 5.91 Å². The van der Waals surface area contributed by atoms with Gasteiger partial charge in [-0.05, 0) is 28.5 Å². The van der Waals surface area contributed by atoms with E-state index in [4.69, 9.17) is 0 Å². The van der Waals surface area contributed by atoms with Crippen molar-refractivity contribution in [2.75, 3.05) is 11.1 Å². The molecule has 3 heterocycles. The Bertz CT molecular complexity index is 818. The van der Waals surface area contributed by atoms with E-state index in [2.05, 4.69) is 21.1 Å². The molecule has 0 aliphatic carbocycles. The standard InChI is InChI=1S/C17H15N3OS2/c21-16(9-12-5-7-22-11-12)18-14-4-2-1-3-13(14)15-10-20-6-8-23-17(20)19-15/h1-5,7,10-11H,6,8-9H2,(H,18,21). The summed E-state index contributed by atoms with van der Waals surface area (Å²) >= 11 is 3.38. The lowest BCUT2D eigenvalue weighted by atomic mass is 10.1. The molecule has 0 bridgehead atoms. The third kappa shape index (κ3) is 3.04. The van der Waals surface area contributed by atoms with Gasteiger partial charge in [-0.1, -0.05) is 30.0 Å². The van der Waals surface area contributed by atoms with Gasteiger partial charge in [0, 0.05) is 24.1 Å². The Balaban J connectivity index is 1.58. The van der Waals surface area contributed by atoms with Crippen LogP contribution in [0.4, 0.5) is 5.69 Å². The molecule has 0 radical (unpaired) electrons. The van der Waals surface area contributed by atoms with Crippen molar-refractivity contribution in [3.63, 3.8) is 0 Å². The number of aryl methyl sites for hydroxylation is 1. The normalized spacial score (nSPS) is 13.0. The average Bonchev–Trinajstić information content (AvgIpc) is 3.24. The molecule has 6 heteroatoms. The zero-order chi connectivity index (χ0) is 15.6. The number of nitrogens with zero attached hydrogens (tertiary/aromatic N) is 2. The molecule has 1 aliphatic rings. The quantitative estimate of drug-likeness (QED) is 0.783. The molecular formula is C17H15N3OS2. The molecule has 0 saturated heterocycles. The van der Waals surface area contributed by atoms with Crippen molar-refractivity contribution in [1.29, 1.82) is 0 Å². The lowest BCUT2D eigenvalue weighted by Crippen LogP contribution is -2.14.